The summed E-state index contributed by atoms with van der Waals surface area (Å²) in [5, 5.41) is 11.6. The molecule has 0 aliphatic rings. The molecule has 0 fully saturated rings. The Morgan fingerprint density at radius 1 is 1.06 bits per heavy atom. The summed E-state index contributed by atoms with van der Waals surface area (Å²) in [5.74, 6) is -0.393. The lowest BCUT2D eigenvalue weighted by atomic mass is 10.2. The molecule has 4 rings (SSSR count). The SMILES string of the molecule is O=C(OCc1nnc(-c2ccccc2Cl)o1)c1ccc(-n2ccc(C(F)(F)F)n2)cc1. The Hall–Kier alpha value is -3.66. The zero-order valence-electron chi connectivity index (χ0n) is 15.5. The van der Waals surface area contributed by atoms with Gasteiger partial charge in [-0.1, -0.05) is 23.7 Å². The summed E-state index contributed by atoms with van der Waals surface area (Å²) in [6.07, 6.45) is -3.35. The zero-order chi connectivity index (χ0) is 22.0. The van der Waals surface area contributed by atoms with Crippen LogP contribution in [0.4, 0.5) is 13.2 Å². The molecule has 0 bridgehead atoms. The molecule has 0 N–H and O–H groups in total. The molecule has 158 valence electrons. The number of hydrogen-bond donors (Lipinski definition) is 0. The van der Waals surface area contributed by atoms with Gasteiger partial charge in [-0.2, -0.15) is 18.3 Å². The highest BCUT2D eigenvalue weighted by molar-refractivity contribution is 6.33. The molecule has 2 aromatic carbocycles. The van der Waals surface area contributed by atoms with Crippen molar-refractivity contribution in [1.29, 1.82) is 0 Å². The minimum atomic E-state index is -4.53. The summed E-state index contributed by atoms with van der Waals surface area (Å²) >= 11 is 6.08. The number of halogens is 4. The van der Waals surface area contributed by atoms with E-state index in [4.69, 9.17) is 20.8 Å². The Kier molecular flexibility index (Phi) is 5.47. The number of benzene rings is 2. The van der Waals surface area contributed by atoms with Crippen molar-refractivity contribution in [3.8, 4) is 17.1 Å². The second kappa shape index (κ2) is 8.23. The van der Waals surface area contributed by atoms with Gasteiger partial charge in [0.1, 0.15) is 0 Å². The average molecular weight is 449 g/mol. The number of nitrogens with zero attached hydrogens (tertiary/aromatic N) is 4. The highest BCUT2D eigenvalue weighted by Crippen LogP contribution is 2.28. The first-order valence-electron chi connectivity index (χ1n) is 8.79. The molecule has 4 aromatic rings. The summed E-state index contributed by atoms with van der Waals surface area (Å²) in [5.41, 5.74) is 0.0926. The van der Waals surface area contributed by atoms with E-state index in [1.807, 2.05) is 0 Å². The Morgan fingerprint density at radius 3 is 2.48 bits per heavy atom. The van der Waals surface area contributed by atoms with Gasteiger partial charge in [0.05, 0.1) is 21.8 Å². The molecule has 2 heterocycles. The van der Waals surface area contributed by atoms with Crippen LogP contribution in [0.25, 0.3) is 17.1 Å². The second-order valence-corrected chi connectivity index (χ2v) is 6.65. The summed E-state index contributed by atoms with van der Waals surface area (Å²) in [7, 11) is 0. The van der Waals surface area contributed by atoms with Crippen LogP contribution in [-0.2, 0) is 17.5 Å². The normalized spacial score (nSPS) is 11.5. The van der Waals surface area contributed by atoms with Crippen LogP contribution in [0, 0.1) is 0 Å². The molecular formula is C20H12ClF3N4O3. The predicted molar refractivity (Wildman–Crippen MR) is 102 cm³/mol. The van der Waals surface area contributed by atoms with Gasteiger partial charge in [0.2, 0.25) is 5.89 Å². The molecule has 7 nitrogen and oxygen atoms in total. The predicted octanol–water partition coefficient (Wildman–Crippen LogP) is 4.95. The maximum absolute atomic E-state index is 12.7. The Labute approximate surface area is 178 Å². The van der Waals surface area contributed by atoms with Crippen molar-refractivity contribution < 1.29 is 27.1 Å². The summed E-state index contributed by atoms with van der Waals surface area (Å²) in [4.78, 5) is 12.2. The number of ether oxygens (including phenoxy) is 1. The number of alkyl halides is 3. The van der Waals surface area contributed by atoms with Crippen molar-refractivity contribution in [2.24, 2.45) is 0 Å². The lowest BCUT2D eigenvalue weighted by molar-refractivity contribution is -0.141. The van der Waals surface area contributed by atoms with Gasteiger partial charge < -0.3 is 9.15 Å². The minimum Gasteiger partial charge on any atom is -0.452 e. The van der Waals surface area contributed by atoms with E-state index in [0.717, 1.165) is 10.7 Å². The van der Waals surface area contributed by atoms with Gasteiger partial charge in [-0.3, -0.25) is 0 Å². The van der Waals surface area contributed by atoms with E-state index in [9.17, 15) is 18.0 Å². The molecule has 2 aromatic heterocycles. The number of carbonyl (C=O) groups is 1. The fraction of sp³-hybridized carbons (Fsp3) is 0.100. The smallest absolute Gasteiger partial charge is 0.435 e. The van der Waals surface area contributed by atoms with Crippen molar-refractivity contribution in [1.82, 2.24) is 20.0 Å². The fourth-order valence-corrected chi connectivity index (χ4v) is 2.85. The molecule has 0 saturated carbocycles. The van der Waals surface area contributed by atoms with Gasteiger partial charge in [0.25, 0.3) is 5.89 Å². The van der Waals surface area contributed by atoms with Crippen LogP contribution in [0.2, 0.25) is 5.02 Å². The van der Waals surface area contributed by atoms with Crippen LogP contribution < -0.4 is 0 Å². The molecule has 0 amide bonds. The van der Waals surface area contributed by atoms with Gasteiger partial charge >= 0.3 is 12.1 Å². The van der Waals surface area contributed by atoms with Crippen LogP contribution >= 0.6 is 11.6 Å². The van der Waals surface area contributed by atoms with Crippen LogP contribution in [0.1, 0.15) is 21.9 Å². The molecule has 0 atom stereocenters. The maximum atomic E-state index is 12.7. The van der Waals surface area contributed by atoms with E-state index < -0.39 is 17.8 Å². The van der Waals surface area contributed by atoms with Gasteiger partial charge in [0.15, 0.2) is 12.3 Å². The topological polar surface area (TPSA) is 83.0 Å². The third-order valence-corrected chi connectivity index (χ3v) is 4.47. The molecule has 0 aliphatic heterocycles. The van der Waals surface area contributed by atoms with E-state index in [-0.39, 0.29) is 24.0 Å². The monoisotopic (exact) mass is 448 g/mol. The van der Waals surface area contributed by atoms with E-state index in [1.165, 1.54) is 30.5 Å². The van der Waals surface area contributed by atoms with E-state index >= 15 is 0 Å². The number of rotatable bonds is 5. The Morgan fingerprint density at radius 2 is 1.81 bits per heavy atom. The van der Waals surface area contributed by atoms with E-state index in [0.29, 0.717) is 16.3 Å². The number of aromatic nitrogens is 4. The zero-order valence-corrected chi connectivity index (χ0v) is 16.3. The lowest BCUT2D eigenvalue weighted by Gasteiger charge is -2.05. The fourth-order valence-electron chi connectivity index (χ4n) is 2.64. The molecule has 0 unspecified atom stereocenters. The number of esters is 1. The van der Waals surface area contributed by atoms with Gasteiger partial charge in [0, 0.05) is 6.20 Å². The van der Waals surface area contributed by atoms with Crippen LogP contribution in [0.3, 0.4) is 0 Å². The average Bonchev–Trinajstić information content (AvgIpc) is 3.42. The maximum Gasteiger partial charge on any atom is 0.435 e. The largest absolute Gasteiger partial charge is 0.452 e. The first-order chi connectivity index (χ1) is 14.8. The molecule has 0 radical (unpaired) electrons. The van der Waals surface area contributed by atoms with E-state index in [1.54, 1.807) is 24.3 Å². The molecule has 0 spiro atoms. The summed E-state index contributed by atoms with van der Waals surface area (Å²) in [6.45, 7) is -0.258. The Bertz CT molecular complexity index is 1220. The first kappa shape index (κ1) is 20.6. The molecule has 0 saturated heterocycles. The Balaban J connectivity index is 1.39. The standard InChI is InChI=1S/C20H12ClF3N4O3/c21-15-4-2-1-3-14(15)18-26-25-17(31-18)11-30-19(29)12-5-7-13(8-6-12)28-10-9-16(27-28)20(22,23)24/h1-10H,11H2. The highest BCUT2D eigenvalue weighted by Gasteiger charge is 2.33. The number of carbonyl (C=O) groups excluding carboxylic acids is 1. The van der Waals surface area contributed by atoms with Crippen molar-refractivity contribution in [3.63, 3.8) is 0 Å². The molecule has 31 heavy (non-hydrogen) atoms. The second-order valence-electron chi connectivity index (χ2n) is 6.25. The molecule has 0 aliphatic carbocycles. The number of hydrogen-bond acceptors (Lipinski definition) is 6. The van der Waals surface area contributed by atoms with Crippen molar-refractivity contribution >= 4 is 17.6 Å². The van der Waals surface area contributed by atoms with Crippen LogP contribution in [0.15, 0.2) is 65.2 Å². The van der Waals surface area contributed by atoms with Crippen LogP contribution in [0.5, 0.6) is 0 Å². The quantitative estimate of drug-likeness (QED) is 0.402. The van der Waals surface area contributed by atoms with Crippen LogP contribution in [-0.4, -0.2) is 25.9 Å². The molecule has 11 heteroatoms. The first-order valence-corrected chi connectivity index (χ1v) is 9.17. The third-order valence-electron chi connectivity index (χ3n) is 4.14. The highest BCUT2D eigenvalue weighted by atomic mass is 35.5. The van der Waals surface area contributed by atoms with Crippen molar-refractivity contribution in [2.75, 3.05) is 0 Å². The van der Waals surface area contributed by atoms with E-state index in [2.05, 4.69) is 15.3 Å². The van der Waals surface area contributed by atoms with Crippen molar-refractivity contribution in [3.05, 3.63) is 83.0 Å². The van der Waals surface area contributed by atoms with Gasteiger partial charge in [-0.25, -0.2) is 9.48 Å². The summed E-state index contributed by atoms with van der Waals surface area (Å²) in [6, 6.07) is 13.5. The third kappa shape index (κ3) is 4.58. The molecular weight excluding hydrogens is 437 g/mol. The lowest BCUT2D eigenvalue weighted by Crippen LogP contribution is -2.08. The minimum absolute atomic E-state index is 0.0797. The van der Waals surface area contributed by atoms with Crippen molar-refractivity contribution in [2.45, 2.75) is 12.8 Å². The van der Waals surface area contributed by atoms with Gasteiger partial charge in [-0.05, 0) is 42.5 Å². The van der Waals surface area contributed by atoms with Gasteiger partial charge in [-0.15, -0.1) is 10.2 Å². The summed E-state index contributed by atoms with van der Waals surface area (Å²) < 4.78 is 49.7.